The molecule has 0 bridgehead atoms. The molecular weight excluding hydrogens is 1150 g/mol. The summed E-state index contributed by atoms with van der Waals surface area (Å²) < 4.78 is 13.1. The van der Waals surface area contributed by atoms with Crippen LogP contribution in [0.25, 0.3) is 0 Å². The van der Waals surface area contributed by atoms with E-state index in [0.29, 0.717) is 5.76 Å². The Bertz CT molecular complexity index is 1940. The van der Waals surface area contributed by atoms with Crippen LogP contribution < -0.4 is 0 Å². The van der Waals surface area contributed by atoms with Gasteiger partial charge in [0.2, 0.25) is 8.32 Å². The van der Waals surface area contributed by atoms with Crippen molar-refractivity contribution in [3.8, 4) is 0 Å². The smallest absolute Gasteiger partial charge is 0.300 e. The molecule has 2 aromatic carbocycles. The number of aliphatic hydroxyl groups is 1. The van der Waals surface area contributed by atoms with Crippen molar-refractivity contribution < 1.29 is 73.9 Å². The Labute approximate surface area is 537 Å². The first kappa shape index (κ1) is 73.9. The average Bonchev–Trinajstić information content (AvgIpc) is 3.93. The Hall–Kier alpha value is 0.789. The molecule has 71 heavy (non-hydrogen) atoms. The van der Waals surface area contributed by atoms with Gasteiger partial charge in [0.15, 0.2) is 14.1 Å². The SMILES string of the molecule is C.C=C(O[Si](C)(C)C)C(O)c1cc2c(cc1Br)CC(C1CCC(CCC)CC1)C2.CC(=O)O.CC(=O)O.CCCC1CCC(C2Cc3cc4c(cc3C2)C(=O)C(O[Si](C)(C)C)C4)CC1.O=[C-]OO.[K].[K].[Pd]. The van der Waals surface area contributed by atoms with Gasteiger partial charge in [-0.2, -0.15) is 0 Å². The van der Waals surface area contributed by atoms with E-state index in [4.69, 9.17) is 38.7 Å². The number of aliphatic hydroxyl groups excluding tert-OH is 1. The molecule has 0 aliphatic heterocycles. The molecule has 396 valence electrons. The van der Waals surface area contributed by atoms with Gasteiger partial charge in [-0.1, -0.05) is 107 Å². The van der Waals surface area contributed by atoms with Crippen LogP contribution in [-0.2, 0) is 80.7 Å². The van der Waals surface area contributed by atoms with Crippen LogP contribution in [0, 0.1) is 35.5 Å². The number of rotatable bonds is 13. The minimum atomic E-state index is -1.77. The first-order valence-electron chi connectivity index (χ1n) is 24.7. The van der Waals surface area contributed by atoms with Gasteiger partial charge in [0, 0.05) is 159 Å². The van der Waals surface area contributed by atoms with Crippen LogP contribution >= 0.6 is 15.9 Å². The van der Waals surface area contributed by atoms with E-state index in [-0.39, 0.29) is 143 Å². The quantitative estimate of drug-likeness (QED) is 0.0493. The maximum atomic E-state index is 12.9. The first-order valence-corrected chi connectivity index (χ1v) is 32.3. The van der Waals surface area contributed by atoms with Crippen molar-refractivity contribution in [1.82, 2.24) is 0 Å². The monoisotopic (exact) mass is 1230 g/mol. The maximum Gasteiger partial charge on any atom is 0.300 e. The van der Waals surface area contributed by atoms with Gasteiger partial charge >= 0.3 is 0 Å². The topological polar surface area (TPSA) is 177 Å². The van der Waals surface area contributed by atoms with Gasteiger partial charge < -0.3 is 33.9 Å². The van der Waals surface area contributed by atoms with E-state index >= 15 is 0 Å². The van der Waals surface area contributed by atoms with Crippen LogP contribution in [0.3, 0.4) is 0 Å². The van der Waals surface area contributed by atoms with Crippen molar-refractivity contribution in [3.05, 3.63) is 80.0 Å². The predicted molar refractivity (Wildman–Crippen MR) is 292 cm³/mol. The molecule has 4 atom stereocenters. The van der Waals surface area contributed by atoms with E-state index in [9.17, 15) is 9.90 Å². The molecule has 11 nitrogen and oxygen atoms in total. The number of benzene rings is 2. The Morgan fingerprint density at radius 2 is 1.08 bits per heavy atom. The van der Waals surface area contributed by atoms with Crippen LogP contribution in [-0.4, -0.2) is 170 Å². The third kappa shape index (κ3) is 25.9. The van der Waals surface area contributed by atoms with Crippen LogP contribution in [0.5, 0.6) is 0 Å². The number of ketones is 1. The van der Waals surface area contributed by atoms with Crippen molar-refractivity contribution in [1.29, 1.82) is 0 Å². The maximum absolute atomic E-state index is 12.9. The Balaban J connectivity index is 0. The Kier molecular flexibility index (Phi) is 37.5. The second-order valence-electron chi connectivity index (χ2n) is 21.5. The van der Waals surface area contributed by atoms with Crippen LogP contribution in [0.15, 0.2) is 41.1 Å². The van der Waals surface area contributed by atoms with Crippen molar-refractivity contribution in [3.63, 3.8) is 0 Å². The van der Waals surface area contributed by atoms with E-state index < -0.39 is 34.7 Å². The summed E-state index contributed by atoms with van der Waals surface area (Å²) in [4.78, 5) is 42.2. The van der Waals surface area contributed by atoms with Crippen LogP contribution in [0.1, 0.15) is 162 Å². The van der Waals surface area contributed by atoms with Gasteiger partial charge in [0.05, 0.1) is 0 Å². The van der Waals surface area contributed by atoms with Gasteiger partial charge in [0.25, 0.3) is 11.9 Å². The number of carboxylic acid groups (broad SMARTS) is 2. The standard InChI is InChI=1S/C24H37BrO2Si.C24H36O2Si.2C2H4O2.CHO3.CH4.2K.Pd/c1-6-7-17-8-10-18(11-9-17)19-12-20-14-22(23(25)15-21(20)13-19)24(26)16(2)27-28(3,4)5;1-5-6-16-7-9-17(10-8-16)18-11-19-13-21-15-23(26-27(2,3)4)24(25)22(21)14-20(19)12-18;2*1-2(3)4;2-1-4-3;;;;/h14-15,17-19,24,26H,2,6-13H2,1,3-5H3;13-14,16-18,23H,5-12,15H2,1-4H3;2*1H3,(H,3,4);3H;1H4;;;/q;;;;-1;;;;. The molecule has 4 unspecified atom stereocenters. The summed E-state index contributed by atoms with van der Waals surface area (Å²) in [5.41, 5.74) is 8.96. The molecule has 2 saturated carbocycles. The van der Waals surface area contributed by atoms with E-state index in [1.807, 2.05) is 0 Å². The summed E-state index contributed by atoms with van der Waals surface area (Å²) in [6.07, 6.45) is 21.5. The summed E-state index contributed by atoms with van der Waals surface area (Å²) >= 11 is 3.69. The van der Waals surface area contributed by atoms with Gasteiger partial charge in [-0.05, 0) is 173 Å². The molecule has 2 radical (unpaired) electrons. The molecule has 17 heteroatoms. The number of halogens is 1. The van der Waals surface area contributed by atoms with E-state index in [0.717, 1.165) is 84.3 Å². The van der Waals surface area contributed by atoms with E-state index in [1.54, 1.807) is 0 Å². The zero-order valence-electron chi connectivity index (χ0n) is 44.5. The molecule has 0 amide bonds. The fraction of sp³-hybridized carbons (Fsp3) is 0.667. The zero-order chi connectivity index (χ0) is 50.2. The summed E-state index contributed by atoms with van der Waals surface area (Å²) in [5.74, 6) is 4.37. The molecule has 0 heterocycles. The largest absolute Gasteiger partial charge is 0.546 e. The number of carbonyl (C=O) groups excluding carboxylic acids is 2. The van der Waals surface area contributed by atoms with E-state index in [2.05, 4.69) is 105 Å². The van der Waals surface area contributed by atoms with Crippen molar-refractivity contribution in [2.45, 2.75) is 196 Å². The van der Waals surface area contributed by atoms with Crippen molar-refractivity contribution >= 4 is 160 Å². The molecule has 4 N–H and O–H groups in total. The predicted octanol–water partition coefficient (Wildman–Crippen LogP) is 12.7. The van der Waals surface area contributed by atoms with Crippen molar-refractivity contribution in [2.24, 2.45) is 35.5 Å². The molecule has 0 aromatic heterocycles. The number of fused-ring (bicyclic) bond motifs is 3. The molecule has 0 spiro atoms. The fourth-order valence-corrected chi connectivity index (χ4v) is 13.6. The molecule has 2 fully saturated rings. The number of aliphatic carboxylic acids is 2. The molecule has 2 aromatic rings. The third-order valence-corrected chi connectivity index (χ3v) is 16.3. The average molecular weight is 1230 g/mol. The van der Waals surface area contributed by atoms with Gasteiger partial charge in [0.1, 0.15) is 18.0 Å². The molecular formula is C54H86BrK2O11PdSi2-. The fourth-order valence-electron chi connectivity index (χ4n) is 11.1. The molecule has 0 saturated heterocycles. The minimum absolute atomic E-state index is 0. The summed E-state index contributed by atoms with van der Waals surface area (Å²) in [6.45, 7) is 24.4. The van der Waals surface area contributed by atoms with Gasteiger partial charge in [-0.25, -0.2) is 5.26 Å². The molecule has 7 rings (SSSR count). The Morgan fingerprint density at radius 1 is 0.704 bits per heavy atom. The number of hydrogen-bond donors (Lipinski definition) is 4. The number of Topliss-reactive ketones (excluding diaryl/α,β-unsaturated/α-hetero) is 1. The van der Waals surface area contributed by atoms with Gasteiger partial charge in [-0.15, -0.1) is 0 Å². The third-order valence-electron chi connectivity index (χ3n) is 13.7. The normalized spacial score (nSPS) is 22.8. The number of carboxylic acids is 2. The second-order valence-corrected chi connectivity index (χ2v) is 31.2. The summed E-state index contributed by atoms with van der Waals surface area (Å²) in [7, 11) is -3.47. The Morgan fingerprint density at radius 3 is 1.45 bits per heavy atom. The van der Waals surface area contributed by atoms with Crippen molar-refractivity contribution in [2.75, 3.05) is 0 Å². The first-order chi connectivity index (χ1) is 31.4. The van der Waals surface area contributed by atoms with Gasteiger partial charge in [-0.3, -0.25) is 14.4 Å². The summed E-state index contributed by atoms with van der Waals surface area (Å²) in [5, 5.41) is 32.6. The molecule has 5 aliphatic carbocycles. The van der Waals surface area contributed by atoms with Crippen LogP contribution in [0.2, 0.25) is 39.3 Å². The summed E-state index contributed by atoms with van der Waals surface area (Å²) in [6, 6.07) is 9.03. The second kappa shape index (κ2) is 36.1. The van der Waals surface area contributed by atoms with Crippen LogP contribution in [0.4, 0.5) is 0 Å². The minimum Gasteiger partial charge on any atom is -0.546 e. The number of hydrogen-bond acceptors (Lipinski definition) is 9. The molecule has 5 aliphatic rings. The zero-order valence-corrected chi connectivity index (χ0v) is 55.9. The number of carbonyl (C=O) groups is 3. The van der Waals surface area contributed by atoms with E-state index in [1.165, 1.54) is 124 Å².